The maximum absolute atomic E-state index is 13.0. The molecule has 1 fully saturated rings. The van der Waals surface area contributed by atoms with E-state index in [1.807, 2.05) is 60.3 Å². The SMILES string of the molecule is Cn1ccnc1-c1sc(NC(=O)C2CCN(c3ccc(Cl)cn3)CC2)nc1-c1ccccc1. The van der Waals surface area contributed by atoms with E-state index >= 15 is 0 Å². The summed E-state index contributed by atoms with van der Waals surface area (Å²) in [4.78, 5) is 29.8. The number of thiazole rings is 1. The fourth-order valence-corrected chi connectivity index (χ4v) is 5.18. The first-order valence-corrected chi connectivity index (χ1v) is 12.0. The predicted octanol–water partition coefficient (Wildman–Crippen LogP) is 5.11. The zero-order valence-electron chi connectivity index (χ0n) is 18.1. The number of aromatic nitrogens is 4. The molecule has 1 aliphatic heterocycles. The Balaban J connectivity index is 1.31. The molecule has 0 saturated carbocycles. The van der Waals surface area contributed by atoms with Gasteiger partial charge in [0, 0.05) is 50.2 Å². The third kappa shape index (κ3) is 4.62. The van der Waals surface area contributed by atoms with Crippen molar-refractivity contribution in [2.75, 3.05) is 23.3 Å². The number of carbonyl (C=O) groups excluding carboxylic acids is 1. The quantitative estimate of drug-likeness (QED) is 0.431. The standard InChI is InChI=1S/C24H23ClN6OS/c1-30-14-11-26-22(30)21-20(16-5-3-2-4-6-16)28-24(33-21)29-23(32)17-9-12-31(13-10-17)19-8-7-18(25)15-27-19/h2-8,11,14-15,17H,9-10,12-13H2,1H3,(H,28,29,32). The third-order valence-electron chi connectivity index (χ3n) is 5.83. The number of anilines is 2. The van der Waals surface area contributed by atoms with Crippen LogP contribution in [0.1, 0.15) is 12.8 Å². The number of pyridine rings is 1. The average molecular weight is 479 g/mol. The van der Waals surface area contributed by atoms with Crippen molar-refractivity contribution in [1.82, 2.24) is 19.5 Å². The van der Waals surface area contributed by atoms with Crippen LogP contribution in [-0.4, -0.2) is 38.5 Å². The Kier molecular flexibility index (Phi) is 6.11. The molecule has 4 aromatic rings. The molecule has 9 heteroatoms. The second-order valence-electron chi connectivity index (χ2n) is 8.01. The van der Waals surface area contributed by atoms with Gasteiger partial charge in [0.05, 0.1) is 15.6 Å². The maximum atomic E-state index is 13.0. The number of nitrogens with one attached hydrogen (secondary N) is 1. The van der Waals surface area contributed by atoms with Crippen LogP contribution in [0, 0.1) is 5.92 Å². The van der Waals surface area contributed by atoms with Gasteiger partial charge in [-0.3, -0.25) is 4.79 Å². The van der Waals surface area contributed by atoms with Crippen LogP contribution in [0.25, 0.3) is 22.0 Å². The topological polar surface area (TPSA) is 75.9 Å². The Morgan fingerprint density at radius 1 is 1.12 bits per heavy atom. The van der Waals surface area contributed by atoms with Gasteiger partial charge in [-0.2, -0.15) is 0 Å². The van der Waals surface area contributed by atoms with E-state index in [2.05, 4.69) is 20.2 Å². The van der Waals surface area contributed by atoms with Gasteiger partial charge in [0.15, 0.2) is 11.0 Å². The molecular formula is C24H23ClN6OS. The van der Waals surface area contributed by atoms with Crippen LogP contribution in [-0.2, 0) is 11.8 Å². The first kappa shape index (κ1) is 21.6. The number of hydrogen-bond donors (Lipinski definition) is 1. The van der Waals surface area contributed by atoms with E-state index in [0.29, 0.717) is 10.2 Å². The summed E-state index contributed by atoms with van der Waals surface area (Å²) in [6.45, 7) is 1.55. The van der Waals surface area contributed by atoms with Crippen LogP contribution in [0.2, 0.25) is 5.02 Å². The number of carbonyl (C=O) groups is 1. The fraction of sp³-hybridized carbons (Fsp3) is 0.250. The van der Waals surface area contributed by atoms with Crippen molar-refractivity contribution < 1.29 is 4.79 Å². The van der Waals surface area contributed by atoms with Crippen molar-refractivity contribution in [3.63, 3.8) is 0 Å². The molecule has 1 aliphatic rings. The molecule has 1 aromatic carbocycles. The second-order valence-corrected chi connectivity index (χ2v) is 9.45. The zero-order valence-corrected chi connectivity index (χ0v) is 19.7. The van der Waals surface area contributed by atoms with Crippen LogP contribution in [0.4, 0.5) is 10.9 Å². The molecule has 0 radical (unpaired) electrons. The molecule has 0 bridgehead atoms. The summed E-state index contributed by atoms with van der Waals surface area (Å²) < 4.78 is 1.96. The van der Waals surface area contributed by atoms with Crippen molar-refractivity contribution in [2.45, 2.75) is 12.8 Å². The Hall–Kier alpha value is -3.23. The lowest BCUT2D eigenvalue weighted by Gasteiger charge is -2.32. The van der Waals surface area contributed by atoms with E-state index in [1.54, 1.807) is 12.4 Å². The molecule has 3 aromatic heterocycles. The van der Waals surface area contributed by atoms with Crippen molar-refractivity contribution >= 4 is 39.8 Å². The third-order valence-corrected chi connectivity index (χ3v) is 7.02. The highest BCUT2D eigenvalue weighted by Crippen LogP contribution is 2.38. The summed E-state index contributed by atoms with van der Waals surface area (Å²) in [7, 11) is 1.96. The molecule has 0 aliphatic carbocycles. The van der Waals surface area contributed by atoms with Gasteiger partial charge in [-0.1, -0.05) is 53.3 Å². The van der Waals surface area contributed by atoms with E-state index < -0.39 is 0 Å². The molecule has 7 nitrogen and oxygen atoms in total. The molecule has 33 heavy (non-hydrogen) atoms. The molecule has 0 spiro atoms. The summed E-state index contributed by atoms with van der Waals surface area (Å²) in [5.74, 6) is 1.67. The number of rotatable bonds is 5. The van der Waals surface area contributed by atoms with Crippen LogP contribution < -0.4 is 10.2 Å². The molecule has 5 rings (SSSR count). The number of halogens is 1. The highest BCUT2D eigenvalue weighted by molar-refractivity contribution is 7.19. The second kappa shape index (κ2) is 9.33. The van der Waals surface area contributed by atoms with Gasteiger partial charge in [0.25, 0.3) is 0 Å². The Morgan fingerprint density at radius 3 is 2.58 bits per heavy atom. The molecular weight excluding hydrogens is 456 g/mol. The normalized spacial score (nSPS) is 14.4. The molecule has 1 amide bonds. The smallest absolute Gasteiger partial charge is 0.229 e. The van der Waals surface area contributed by atoms with Crippen LogP contribution in [0.15, 0.2) is 61.1 Å². The summed E-state index contributed by atoms with van der Waals surface area (Å²) >= 11 is 7.40. The number of nitrogens with zero attached hydrogens (tertiary/aromatic N) is 5. The molecule has 0 atom stereocenters. The first-order chi connectivity index (χ1) is 16.1. The van der Waals surface area contributed by atoms with Crippen LogP contribution in [0.5, 0.6) is 0 Å². The highest BCUT2D eigenvalue weighted by Gasteiger charge is 2.27. The minimum Gasteiger partial charge on any atom is -0.357 e. The predicted molar refractivity (Wildman–Crippen MR) is 133 cm³/mol. The molecule has 1 saturated heterocycles. The van der Waals surface area contributed by atoms with Gasteiger partial charge in [-0.25, -0.2) is 15.0 Å². The minimum atomic E-state index is -0.0609. The van der Waals surface area contributed by atoms with Crippen molar-refractivity contribution in [1.29, 1.82) is 0 Å². The van der Waals surface area contributed by atoms with E-state index in [0.717, 1.165) is 53.7 Å². The summed E-state index contributed by atoms with van der Waals surface area (Å²) in [6.07, 6.45) is 6.86. The number of aryl methyl sites for hydroxylation is 1. The maximum Gasteiger partial charge on any atom is 0.229 e. The van der Waals surface area contributed by atoms with Crippen molar-refractivity contribution in [3.05, 3.63) is 66.1 Å². The van der Waals surface area contributed by atoms with Gasteiger partial charge >= 0.3 is 0 Å². The zero-order chi connectivity index (χ0) is 22.8. The summed E-state index contributed by atoms with van der Waals surface area (Å²) in [5, 5.41) is 4.28. The number of amides is 1. The average Bonchev–Trinajstić information content (AvgIpc) is 3.46. The Labute approximate surface area is 201 Å². The number of imidazole rings is 1. The van der Waals surface area contributed by atoms with Crippen LogP contribution in [0.3, 0.4) is 0 Å². The van der Waals surface area contributed by atoms with Gasteiger partial charge in [0.1, 0.15) is 5.82 Å². The van der Waals surface area contributed by atoms with Crippen LogP contribution >= 0.6 is 22.9 Å². The van der Waals surface area contributed by atoms with Crippen molar-refractivity contribution in [3.8, 4) is 22.0 Å². The molecule has 1 N–H and O–H groups in total. The highest BCUT2D eigenvalue weighted by atomic mass is 35.5. The van der Waals surface area contributed by atoms with Gasteiger partial charge < -0.3 is 14.8 Å². The van der Waals surface area contributed by atoms with Gasteiger partial charge in [0.2, 0.25) is 5.91 Å². The molecule has 168 valence electrons. The summed E-state index contributed by atoms with van der Waals surface area (Å²) in [5.41, 5.74) is 1.82. The van der Waals surface area contributed by atoms with Gasteiger partial charge in [-0.15, -0.1) is 0 Å². The van der Waals surface area contributed by atoms with E-state index in [1.165, 1.54) is 11.3 Å². The number of hydrogen-bond acceptors (Lipinski definition) is 6. The minimum absolute atomic E-state index is 0.0125. The fourth-order valence-electron chi connectivity index (χ4n) is 4.03. The van der Waals surface area contributed by atoms with E-state index in [-0.39, 0.29) is 11.8 Å². The lowest BCUT2D eigenvalue weighted by atomic mass is 9.96. The first-order valence-electron chi connectivity index (χ1n) is 10.8. The monoisotopic (exact) mass is 478 g/mol. The molecule has 4 heterocycles. The van der Waals surface area contributed by atoms with Crippen molar-refractivity contribution in [2.24, 2.45) is 13.0 Å². The largest absolute Gasteiger partial charge is 0.357 e. The molecule has 0 unspecified atom stereocenters. The van der Waals surface area contributed by atoms with E-state index in [9.17, 15) is 4.79 Å². The Bertz CT molecular complexity index is 1250. The van der Waals surface area contributed by atoms with Gasteiger partial charge in [-0.05, 0) is 25.0 Å². The number of piperidine rings is 1. The Morgan fingerprint density at radius 2 is 1.91 bits per heavy atom. The van der Waals surface area contributed by atoms with E-state index in [4.69, 9.17) is 16.6 Å². The lowest BCUT2D eigenvalue weighted by molar-refractivity contribution is -0.120. The summed E-state index contributed by atoms with van der Waals surface area (Å²) in [6, 6.07) is 13.8. The number of benzene rings is 1. The lowest BCUT2D eigenvalue weighted by Crippen LogP contribution is -2.38.